The van der Waals surface area contributed by atoms with Gasteiger partial charge in [0.15, 0.2) is 34.2 Å². The number of aliphatic hydroxyl groups excluding tert-OH is 6. The standard InChI is InChI=1S/3C22H24N2O8/c3*1-21(31)8-5-4-6-11(25)12(8)16(26)13-9(21)7-10-15(24(2)3)17(27)14(20(23)30)19(29)22(10,32)18(13)28/h3*4-6,9-10,15,25,27-28,31-32H,7H2,1-3H3,(H2,23,30)/t3*9-,10-,15-,21+,22-/m000/s1. The Morgan fingerprint density at radius 1 is 0.385 bits per heavy atom. The molecule has 9 aliphatic carbocycles. The zero-order chi connectivity index (χ0) is 71.7. The quantitative estimate of drug-likeness (QED) is 0.136. The predicted molar refractivity (Wildman–Crippen MR) is 329 cm³/mol. The molecule has 0 bridgehead atoms. The molecule has 30 heteroatoms. The first-order valence-corrected chi connectivity index (χ1v) is 29.9. The summed E-state index contributed by atoms with van der Waals surface area (Å²) in [6.07, 6.45) is -0.600. The van der Waals surface area contributed by atoms with Crippen LogP contribution in [-0.4, -0.2) is 221 Å². The van der Waals surface area contributed by atoms with E-state index in [1.165, 1.54) is 132 Å². The Hall–Kier alpha value is -9.63. The number of hydrogen-bond acceptors (Lipinski definition) is 27. The van der Waals surface area contributed by atoms with Crippen LogP contribution in [0.4, 0.5) is 0 Å². The van der Waals surface area contributed by atoms with Gasteiger partial charge in [0.2, 0.25) is 17.3 Å². The summed E-state index contributed by atoms with van der Waals surface area (Å²) < 4.78 is 0. The van der Waals surface area contributed by atoms with Crippen LogP contribution in [-0.2, 0) is 45.6 Å². The highest BCUT2D eigenvalue weighted by Crippen LogP contribution is 2.60. The second kappa shape index (κ2) is 22.5. The van der Waals surface area contributed by atoms with E-state index in [0.717, 1.165) is 0 Å². The Balaban J connectivity index is 0.000000157. The number of Topliss-reactive ketones (excluding diaryl/α,β-unsaturated/α-hetero) is 6. The number of nitrogens with zero attached hydrogens (tertiary/aromatic N) is 3. The monoisotopic (exact) mass is 1330 g/mol. The van der Waals surface area contributed by atoms with Gasteiger partial charge < -0.3 is 93.8 Å². The summed E-state index contributed by atoms with van der Waals surface area (Å²) in [5.74, 6) is -23.7. The lowest BCUT2D eigenvalue weighted by Crippen LogP contribution is -2.65. The first kappa shape index (κ1) is 69.2. The summed E-state index contributed by atoms with van der Waals surface area (Å²) in [6, 6.07) is 9.15. The van der Waals surface area contributed by atoms with Crippen molar-refractivity contribution in [3.63, 3.8) is 0 Å². The van der Waals surface area contributed by atoms with Gasteiger partial charge in [0.05, 0.1) is 51.6 Å². The summed E-state index contributed by atoms with van der Waals surface area (Å²) >= 11 is 0. The second-order valence-electron chi connectivity index (χ2n) is 26.9. The molecular formula is C66H72N6O24. The zero-order valence-corrected chi connectivity index (χ0v) is 53.0. The molecule has 0 spiro atoms. The molecule has 12 rings (SSSR count). The molecule has 0 aromatic heterocycles. The van der Waals surface area contributed by atoms with Crippen LogP contribution in [0, 0.1) is 35.5 Å². The maximum atomic E-state index is 13.3. The molecule has 0 radical (unpaired) electrons. The van der Waals surface area contributed by atoms with Crippen molar-refractivity contribution in [2.24, 2.45) is 52.7 Å². The molecule has 9 aliphatic rings. The highest BCUT2D eigenvalue weighted by Gasteiger charge is 2.69. The largest absolute Gasteiger partial charge is 0.510 e. The molecule has 30 nitrogen and oxygen atoms in total. The summed E-state index contributed by atoms with van der Waals surface area (Å²) in [6.45, 7) is 4.21. The van der Waals surface area contributed by atoms with Gasteiger partial charge in [0.1, 0.15) is 68.5 Å². The summed E-state index contributed by atoms with van der Waals surface area (Å²) in [7, 11) is 9.19. The Bertz CT molecular complexity index is 3870. The normalized spacial score (nSPS) is 34.4. The molecule has 0 saturated heterocycles. The number of phenols is 3. The maximum absolute atomic E-state index is 13.3. The Kier molecular flexibility index (Phi) is 16.2. The predicted octanol–water partition coefficient (Wildman–Crippen LogP) is -0.643. The van der Waals surface area contributed by atoms with Crippen LogP contribution in [0.15, 0.2) is 123 Å². The van der Waals surface area contributed by atoms with E-state index in [2.05, 4.69) is 0 Å². The van der Waals surface area contributed by atoms with Crippen LogP contribution in [0.2, 0.25) is 0 Å². The number of carbonyl (C=O) groups excluding carboxylic acids is 9. The van der Waals surface area contributed by atoms with E-state index in [4.69, 9.17) is 17.2 Å². The van der Waals surface area contributed by atoms with Crippen molar-refractivity contribution in [2.75, 3.05) is 42.3 Å². The van der Waals surface area contributed by atoms with Gasteiger partial charge in [-0.15, -0.1) is 0 Å². The number of phenolic OH excluding ortho intramolecular Hbond substituents is 3. The number of nitrogens with two attached hydrogens (primary N) is 3. The van der Waals surface area contributed by atoms with Crippen molar-refractivity contribution in [2.45, 2.75) is 91.8 Å². The van der Waals surface area contributed by atoms with Crippen molar-refractivity contribution in [3.05, 3.63) is 156 Å². The van der Waals surface area contributed by atoms with Gasteiger partial charge in [-0.3, -0.25) is 57.9 Å². The number of aliphatic hydroxyl groups is 12. The molecule has 3 aromatic rings. The Morgan fingerprint density at radius 3 is 0.781 bits per heavy atom. The Labute approximate surface area is 545 Å². The van der Waals surface area contributed by atoms with Gasteiger partial charge >= 0.3 is 0 Å². The number of aromatic hydroxyl groups is 3. The third kappa shape index (κ3) is 9.06. The molecule has 3 amide bonds. The molecule has 3 aromatic carbocycles. The van der Waals surface area contributed by atoms with Crippen LogP contribution in [0.1, 0.15) is 87.8 Å². The third-order valence-electron chi connectivity index (χ3n) is 21.1. The summed E-state index contributed by atoms with van der Waals surface area (Å²) in [4.78, 5) is 120. The van der Waals surface area contributed by atoms with E-state index in [-0.39, 0.29) is 52.6 Å². The fraction of sp³-hybridized carbons (Fsp3) is 0.409. The number of rotatable bonds is 6. The molecule has 510 valence electrons. The summed E-state index contributed by atoms with van der Waals surface area (Å²) in [5, 5.41) is 165. The van der Waals surface area contributed by atoms with Gasteiger partial charge in [-0.25, -0.2) is 0 Å². The van der Waals surface area contributed by atoms with E-state index >= 15 is 0 Å². The number of ketones is 6. The van der Waals surface area contributed by atoms with Crippen LogP contribution < -0.4 is 17.2 Å². The van der Waals surface area contributed by atoms with Crippen molar-refractivity contribution < 1.29 is 120 Å². The van der Waals surface area contributed by atoms with Gasteiger partial charge in [-0.2, -0.15) is 0 Å². The van der Waals surface area contributed by atoms with Crippen molar-refractivity contribution in [3.8, 4) is 17.2 Å². The molecule has 0 unspecified atom stereocenters. The number of fused-ring (bicyclic) bond motifs is 9. The lowest BCUT2D eigenvalue weighted by Gasteiger charge is -2.52. The topological polar surface area (TPSA) is 545 Å². The average Bonchev–Trinajstić information content (AvgIpc) is 0.703. The first-order chi connectivity index (χ1) is 44.3. The van der Waals surface area contributed by atoms with Crippen molar-refractivity contribution >= 4 is 52.4 Å². The second-order valence-corrected chi connectivity index (χ2v) is 26.9. The van der Waals surface area contributed by atoms with Gasteiger partial charge in [-0.1, -0.05) is 36.4 Å². The number of benzene rings is 3. The Morgan fingerprint density at radius 2 is 0.594 bits per heavy atom. The third-order valence-corrected chi connectivity index (χ3v) is 21.1. The van der Waals surface area contributed by atoms with Crippen LogP contribution >= 0.6 is 0 Å². The molecule has 0 fully saturated rings. The maximum Gasteiger partial charge on any atom is 0.255 e. The molecule has 0 heterocycles. The number of carbonyl (C=O) groups is 9. The molecular weight excluding hydrogens is 1260 g/mol. The van der Waals surface area contributed by atoms with E-state index in [0.29, 0.717) is 0 Å². The van der Waals surface area contributed by atoms with Crippen LogP contribution in [0.5, 0.6) is 17.2 Å². The molecule has 0 aliphatic heterocycles. The molecule has 15 atom stereocenters. The lowest BCUT2D eigenvalue weighted by molar-refractivity contribution is -0.152. The molecule has 0 saturated carbocycles. The van der Waals surface area contributed by atoms with E-state index in [1.807, 2.05) is 0 Å². The van der Waals surface area contributed by atoms with Crippen LogP contribution in [0.25, 0.3) is 0 Å². The van der Waals surface area contributed by atoms with E-state index in [1.54, 1.807) is 0 Å². The van der Waals surface area contributed by atoms with E-state index in [9.17, 15) is 120 Å². The minimum atomic E-state index is -2.75. The number of likely N-dealkylation sites (N-methyl/N-ethyl adjacent to an activating group) is 3. The minimum Gasteiger partial charge on any atom is -0.510 e. The van der Waals surface area contributed by atoms with Gasteiger partial charge in [0.25, 0.3) is 17.7 Å². The highest BCUT2D eigenvalue weighted by atomic mass is 16.4. The molecule has 96 heavy (non-hydrogen) atoms. The van der Waals surface area contributed by atoms with Crippen molar-refractivity contribution in [1.29, 1.82) is 0 Å². The number of hydrogen-bond donors (Lipinski definition) is 18. The molecule has 21 N–H and O–H groups in total. The highest BCUT2D eigenvalue weighted by molar-refractivity contribution is 6.27. The average molecular weight is 1330 g/mol. The fourth-order valence-electron chi connectivity index (χ4n) is 16.5. The van der Waals surface area contributed by atoms with Gasteiger partial charge in [0, 0.05) is 52.2 Å². The van der Waals surface area contributed by atoms with Crippen molar-refractivity contribution in [1.82, 2.24) is 14.7 Å². The van der Waals surface area contributed by atoms with Gasteiger partial charge in [-0.05, 0) is 117 Å². The van der Waals surface area contributed by atoms with E-state index < -0.39 is 225 Å². The SMILES string of the molecule is CN(C)[C@@H]1C(O)=C(C(N)=O)C(=O)[C@@]2(O)C(O)=C3C(=O)c4c(O)cccc4[C@@](C)(O)[C@H]3C[C@@H]12.CN(C)[C@@H]1C(O)=C(C(N)=O)C(=O)[C@@]2(O)C(O)=C3C(=O)c4c(O)cccc4[C@@](C)(O)[C@H]3C[C@@H]12.CN(C)[C@@H]1C(O)=C(C(N)=O)C(=O)[C@@]2(O)C(O)=C3C(=O)c4c(O)cccc4[C@@](C)(O)[C@H]3C[C@@H]12. The minimum absolute atomic E-state index is 0.135. The van der Waals surface area contributed by atoms with Crippen LogP contribution in [0.3, 0.4) is 0 Å². The smallest absolute Gasteiger partial charge is 0.255 e. The lowest BCUT2D eigenvalue weighted by atomic mass is 9.55. The zero-order valence-electron chi connectivity index (χ0n) is 53.0. The first-order valence-electron chi connectivity index (χ1n) is 29.9. The summed E-state index contributed by atoms with van der Waals surface area (Å²) in [5.41, 5.74) is -1.96. The fourth-order valence-corrected chi connectivity index (χ4v) is 16.5. The number of amides is 3. The number of primary amides is 3.